The lowest BCUT2D eigenvalue weighted by Crippen LogP contribution is -2.23. The molecule has 1 N–H and O–H groups in total. The Kier molecular flexibility index (Phi) is 7.16. The first kappa shape index (κ1) is 21.1. The Hall–Kier alpha value is -2.18. The van der Waals surface area contributed by atoms with Crippen LogP contribution in [0.3, 0.4) is 0 Å². The van der Waals surface area contributed by atoms with Gasteiger partial charge in [-0.15, -0.1) is 0 Å². The van der Waals surface area contributed by atoms with Crippen molar-refractivity contribution in [2.24, 2.45) is 7.05 Å². The molecule has 8 heteroatoms. The van der Waals surface area contributed by atoms with Crippen LogP contribution in [0.5, 0.6) is 17.4 Å². The van der Waals surface area contributed by atoms with Gasteiger partial charge in [-0.1, -0.05) is 48.7 Å². The third-order valence-electron chi connectivity index (χ3n) is 3.80. The van der Waals surface area contributed by atoms with Gasteiger partial charge in [-0.05, 0) is 26.3 Å². The number of hydrogen-bond acceptors (Lipinski definition) is 4. The van der Waals surface area contributed by atoms with Crippen LogP contribution in [-0.2, 0) is 11.8 Å². The minimum Gasteiger partial charge on any atom is -0.479 e. The molecule has 1 aromatic carbocycles. The van der Waals surface area contributed by atoms with E-state index >= 15 is 0 Å². The van der Waals surface area contributed by atoms with Crippen LogP contribution in [0.25, 0.3) is 6.08 Å². The Morgan fingerprint density at radius 3 is 2.63 bits per heavy atom. The zero-order chi connectivity index (χ0) is 20.1. The third-order valence-corrected chi connectivity index (χ3v) is 4.39. The van der Waals surface area contributed by atoms with Crippen molar-refractivity contribution in [1.29, 1.82) is 0 Å². The highest BCUT2D eigenvalue weighted by Gasteiger charge is 2.19. The molecule has 146 valence electrons. The maximum atomic E-state index is 11.0. The molecule has 1 aromatic heterocycles. The van der Waals surface area contributed by atoms with Gasteiger partial charge >= 0.3 is 5.97 Å². The van der Waals surface area contributed by atoms with Gasteiger partial charge in [0.1, 0.15) is 5.75 Å². The maximum Gasteiger partial charge on any atom is 0.344 e. The van der Waals surface area contributed by atoms with E-state index in [9.17, 15) is 4.79 Å². The summed E-state index contributed by atoms with van der Waals surface area (Å²) in [7, 11) is 1.77. The quantitative estimate of drug-likeness (QED) is 0.619. The molecule has 0 saturated heterocycles. The molecule has 0 aliphatic carbocycles. The van der Waals surface area contributed by atoms with E-state index in [1.807, 2.05) is 13.0 Å². The number of carboxylic acid groups (broad SMARTS) is 1. The van der Waals surface area contributed by atoms with Crippen LogP contribution in [0.4, 0.5) is 0 Å². The Labute approximate surface area is 168 Å². The molecule has 0 amide bonds. The summed E-state index contributed by atoms with van der Waals surface area (Å²) in [5.41, 5.74) is 1.67. The van der Waals surface area contributed by atoms with Gasteiger partial charge < -0.3 is 14.6 Å². The second kappa shape index (κ2) is 9.15. The molecule has 2 aromatic rings. The van der Waals surface area contributed by atoms with Crippen molar-refractivity contribution in [2.45, 2.75) is 39.7 Å². The topological polar surface area (TPSA) is 73.6 Å². The summed E-state index contributed by atoms with van der Waals surface area (Å²) in [4.78, 5) is 11.0. The van der Waals surface area contributed by atoms with E-state index in [0.29, 0.717) is 11.6 Å². The van der Waals surface area contributed by atoms with E-state index in [4.69, 9.17) is 37.8 Å². The summed E-state index contributed by atoms with van der Waals surface area (Å²) in [6, 6.07) is 2.93. The molecule has 0 unspecified atom stereocenters. The van der Waals surface area contributed by atoms with Crippen LogP contribution in [0.15, 0.2) is 18.2 Å². The van der Waals surface area contributed by atoms with Gasteiger partial charge in [0.05, 0.1) is 21.3 Å². The molecule has 1 atom stereocenters. The average Bonchev–Trinajstić information content (AvgIpc) is 2.85. The number of carboxylic acids is 1. The van der Waals surface area contributed by atoms with E-state index in [1.165, 1.54) is 19.1 Å². The van der Waals surface area contributed by atoms with Gasteiger partial charge in [0.25, 0.3) is 0 Å². The largest absolute Gasteiger partial charge is 0.479 e. The Morgan fingerprint density at radius 1 is 1.33 bits per heavy atom. The van der Waals surface area contributed by atoms with Crippen molar-refractivity contribution < 1.29 is 19.4 Å². The first-order chi connectivity index (χ1) is 12.7. The lowest BCUT2D eigenvalue weighted by molar-refractivity contribution is -0.144. The van der Waals surface area contributed by atoms with Gasteiger partial charge in [-0.25, -0.2) is 9.48 Å². The van der Waals surface area contributed by atoms with Crippen LogP contribution < -0.4 is 9.47 Å². The number of aliphatic carboxylic acids is 1. The van der Waals surface area contributed by atoms with Crippen LogP contribution in [0.1, 0.15) is 37.9 Å². The van der Waals surface area contributed by atoms with Gasteiger partial charge in [0.2, 0.25) is 5.88 Å². The number of rotatable bonds is 8. The molecule has 0 aliphatic heterocycles. The van der Waals surface area contributed by atoms with Gasteiger partial charge in [0, 0.05) is 13.1 Å². The van der Waals surface area contributed by atoms with Crippen molar-refractivity contribution in [1.82, 2.24) is 9.78 Å². The summed E-state index contributed by atoms with van der Waals surface area (Å²) < 4.78 is 13.0. The minimum atomic E-state index is -1.10. The monoisotopic (exact) mass is 412 g/mol. The van der Waals surface area contributed by atoms with E-state index in [1.54, 1.807) is 11.7 Å². The van der Waals surface area contributed by atoms with Crippen molar-refractivity contribution in [3.8, 4) is 17.4 Å². The first-order valence-electron chi connectivity index (χ1n) is 8.51. The van der Waals surface area contributed by atoms with Crippen molar-refractivity contribution in [2.75, 3.05) is 0 Å². The molecule has 27 heavy (non-hydrogen) atoms. The summed E-state index contributed by atoms with van der Waals surface area (Å²) in [6.45, 7) is 5.41. The number of hydrogen-bond donors (Lipinski definition) is 1. The predicted molar refractivity (Wildman–Crippen MR) is 106 cm³/mol. The van der Waals surface area contributed by atoms with Crippen LogP contribution in [-0.4, -0.2) is 27.0 Å². The highest BCUT2D eigenvalue weighted by molar-refractivity contribution is 6.36. The second-order valence-electron chi connectivity index (χ2n) is 6.03. The number of ether oxygens (including phenoxy) is 2. The Morgan fingerprint density at radius 2 is 2.00 bits per heavy atom. The molecule has 0 bridgehead atoms. The SMILES string of the molecule is CCC/C=C/c1c(C)nn(C)c1Oc1cc(O[C@@H](C)C(=O)O)c(Cl)cc1Cl. The minimum absolute atomic E-state index is 0.174. The van der Waals surface area contributed by atoms with E-state index in [2.05, 4.69) is 18.1 Å². The summed E-state index contributed by atoms with van der Waals surface area (Å²) >= 11 is 12.4. The smallest absolute Gasteiger partial charge is 0.344 e. The second-order valence-corrected chi connectivity index (χ2v) is 6.85. The summed E-state index contributed by atoms with van der Waals surface area (Å²) in [6.07, 6.45) is 4.94. The third kappa shape index (κ3) is 5.17. The standard InChI is InChI=1S/C19H22Cl2N2O4/c1-5-6-7-8-13-11(2)22-23(4)18(13)27-17-10-16(14(20)9-15(17)21)26-12(3)19(24)25/h7-10,12H,5-6H2,1-4H3,(H,24,25)/b8-7+/t12-/m0/s1. The van der Waals surface area contributed by atoms with Gasteiger partial charge in [-0.3, -0.25) is 0 Å². The van der Waals surface area contributed by atoms with E-state index in [0.717, 1.165) is 24.1 Å². The molecule has 2 rings (SSSR count). The number of nitrogens with zero attached hydrogens (tertiary/aromatic N) is 2. The number of allylic oxidation sites excluding steroid dienone is 1. The van der Waals surface area contributed by atoms with Gasteiger partial charge in [0.15, 0.2) is 11.9 Å². The van der Waals surface area contributed by atoms with Crippen LogP contribution in [0.2, 0.25) is 10.0 Å². The normalized spacial score (nSPS) is 12.4. The predicted octanol–water partition coefficient (Wildman–Crippen LogP) is 5.49. The lowest BCUT2D eigenvalue weighted by Gasteiger charge is -2.15. The first-order valence-corrected chi connectivity index (χ1v) is 9.26. The number of carbonyl (C=O) groups is 1. The summed E-state index contributed by atoms with van der Waals surface area (Å²) in [5, 5.41) is 13.9. The number of benzene rings is 1. The number of halogens is 2. The molecule has 1 heterocycles. The summed E-state index contributed by atoms with van der Waals surface area (Å²) in [5.74, 6) is -0.120. The average molecular weight is 413 g/mol. The number of aryl methyl sites for hydroxylation is 2. The highest BCUT2D eigenvalue weighted by atomic mass is 35.5. The highest BCUT2D eigenvalue weighted by Crippen LogP contribution is 2.39. The van der Waals surface area contributed by atoms with E-state index < -0.39 is 12.1 Å². The fraction of sp³-hybridized carbons (Fsp3) is 0.368. The molecule has 6 nitrogen and oxygen atoms in total. The Balaban J connectivity index is 2.39. The van der Waals surface area contributed by atoms with Crippen molar-refractivity contribution in [3.63, 3.8) is 0 Å². The zero-order valence-electron chi connectivity index (χ0n) is 15.6. The zero-order valence-corrected chi connectivity index (χ0v) is 17.1. The fourth-order valence-corrected chi connectivity index (χ4v) is 2.82. The fourth-order valence-electron chi connectivity index (χ4n) is 2.36. The number of unbranched alkanes of at least 4 members (excludes halogenated alkanes) is 1. The number of aromatic nitrogens is 2. The molecule has 0 fully saturated rings. The molecule has 0 radical (unpaired) electrons. The molecule has 0 saturated carbocycles. The van der Waals surface area contributed by atoms with Crippen LogP contribution in [0, 0.1) is 6.92 Å². The van der Waals surface area contributed by atoms with E-state index in [-0.39, 0.29) is 15.8 Å². The van der Waals surface area contributed by atoms with Crippen LogP contribution >= 0.6 is 23.2 Å². The maximum absolute atomic E-state index is 11.0. The van der Waals surface area contributed by atoms with Crippen molar-refractivity contribution >= 4 is 35.2 Å². The lowest BCUT2D eigenvalue weighted by atomic mass is 10.2. The van der Waals surface area contributed by atoms with Gasteiger partial charge in [-0.2, -0.15) is 5.10 Å². The molecule has 0 aliphatic rings. The molecule has 0 spiro atoms. The molecular weight excluding hydrogens is 391 g/mol. The molecular formula is C19H22Cl2N2O4. The Bertz CT molecular complexity index is 862. The van der Waals surface area contributed by atoms with Crippen molar-refractivity contribution in [3.05, 3.63) is 39.5 Å².